The minimum Gasteiger partial charge on any atom is -0.256 e. The fraction of sp³-hybridized carbons (Fsp3) is 0.0526. The highest BCUT2D eigenvalue weighted by Crippen LogP contribution is 2.29. The van der Waals surface area contributed by atoms with Crippen molar-refractivity contribution >= 4 is 22.4 Å². The van der Waals surface area contributed by atoms with Gasteiger partial charge in [0.2, 0.25) is 0 Å². The van der Waals surface area contributed by atoms with E-state index in [-0.39, 0.29) is 0 Å². The van der Waals surface area contributed by atoms with Crippen LogP contribution in [0.25, 0.3) is 0 Å². The zero-order valence-electron chi connectivity index (χ0n) is 12.3. The first-order valence-corrected chi connectivity index (χ1v) is 8.25. The van der Waals surface area contributed by atoms with E-state index in [4.69, 9.17) is 0 Å². The summed E-state index contributed by atoms with van der Waals surface area (Å²) >= 11 is 0. The van der Waals surface area contributed by atoms with E-state index in [1.807, 2.05) is 96.2 Å². The standard InChI is InChI=1S/C19H17NOS/c1-16-12-14-19(15-13-16)22(21)20(17-8-4-2-5-9-17)18-10-6-3-7-11-18/h2-15H,1H3. The van der Waals surface area contributed by atoms with Crippen LogP contribution in [0.1, 0.15) is 5.56 Å². The normalized spacial score (nSPS) is 11.9. The van der Waals surface area contributed by atoms with Crippen LogP contribution in [0.5, 0.6) is 0 Å². The van der Waals surface area contributed by atoms with Crippen molar-refractivity contribution in [3.8, 4) is 0 Å². The highest BCUT2D eigenvalue weighted by molar-refractivity contribution is 7.86. The lowest BCUT2D eigenvalue weighted by Crippen LogP contribution is -2.20. The first-order chi connectivity index (χ1) is 10.8. The third-order valence-electron chi connectivity index (χ3n) is 3.37. The molecule has 1 atom stereocenters. The van der Waals surface area contributed by atoms with E-state index in [1.54, 1.807) is 0 Å². The molecule has 0 radical (unpaired) electrons. The minimum absolute atomic E-state index is 0.790. The molecule has 2 nitrogen and oxygen atoms in total. The highest BCUT2D eigenvalue weighted by Gasteiger charge is 2.17. The summed E-state index contributed by atoms with van der Waals surface area (Å²) in [6.07, 6.45) is 0. The first-order valence-electron chi connectivity index (χ1n) is 7.14. The van der Waals surface area contributed by atoms with Gasteiger partial charge >= 0.3 is 0 Å². The van der Waals surface area contributed by atoms with Gasteiger partial charge in [-0.15, -0.1) is 0 Å². The summed E-state index contributed by atoms with van der Waals surface area (Å²) in [6, 6.07) is 27.4. The van der Waals surface area contributed by atoms with Crippen LogP contribution in [-0.2, 0) is 11.0 Å². The molecule has 0 heterocycles. The van der Waals surface area contributed by atoms with Gasteiger partial charge in [0.1, 0.15) is 0 Å². The van der Waals surface area contributed by atoms with Crippen molar-refractivity contribution in [2.45, 2.75) is 11.8 Å². The molecule has 0 aliphatic carbocycles. The number of rotatable bonds is 4. The summed E-state index contributed by atoms with van der Waals surface area (Å²) < 4.78 is 14.9. The van der Waals surface area contributed by atoms with E-state index < -0.39 is 11.0 Å². The Morgan fingerprint density at radius 1 is 0.682 bits per heavy atom. The fourth-order valence-corrected chi connectivity index (χ4v) is 3.43. The maximum absolute atomic E-state index is 13.1. The zero-order chi connectivity index (χ0) is 15.4. The number of hydrogen-bond acceptors (Lipinski definition) is 1. The van der Waals surface area contributed by atoms with Crippen LogP contribution in [0, 0.1) is 6.92 Å². The van der Waals surface area contributed by atoms with Gasteiger partial charge in [0.25, 0.3) is 0 Å². The van der Waals surface area contributed by atoms with Gasteiger partial charge in [-0.25, -0.2) is 4.21 Å². The minimum atomic E-state index is -1.30. The molecule has 3 aromatic rings. The summed E-state index contributed by atoms with van der Waals surface area (Å²) in [5, 5.41) is 0. The number of para-hydroxylation sites is 2. The number of nitrogens with zero attached hydrogens (tertiary/aromatic N) is 1. The quantitative estimate of drug-likeness (QED) is 0.674. The molecule has 0 saturated carbocycles. The van der Waals surface area contributed by atoms with E-state index in [0.717, 1.165) is 21.8 Å². The Morgan fingerprint density at radius 3 is 1.59 bits per heavy atom. The topological polar surface area (TPSA) is 20.3 Å². The second-order valence-corrected chi connectivity index (χ2v) is 6.36. The molecule has 1 unspecified atom stereocenters. The molecule has 0 saturated heterocycles. The van der Waals surface area contributed by atoms with Gasteiger partial charge in [-0.1, -0.05) is 54.1 Å². The van der Waals surface area contributed by atoms with Crippen LogP contribution in [0.15, 0.2) is 89.8 Å². The Morgan fingerprint density at radius 2 is 1.14 bits per heavy atom. The molecule has 110 valence electrons. The molecule has 3 aromatic carbocycles. The molecule has 0 spiro atoms. The Balaban J connectivity index is 2.06. The van der Waals surface area contributed by atoms with Crippen molar-refractivity contribution in [3.63, 3.8) is 0 Å². The molecule has 0 fully saturated rings. The zero-order valence-corrected chi connectivity index (χ0v) is 13.2. The number of aryl methyl sites for hydroxylation is 1. The second-order valence-electron chi connectivity index (χ2n) is 5.03. The summed E-state index contributed by atoms with van der Waals surface area (Å²) in [7, 11) is -1.30. The Bertz CT molecular complexity index is 715. The summed E-state index contributed by atoms with van der Waals surface area (Å²) in [6.45, 7) is 2.03. The average Bonchev–Trinajstić information content (AvgIpc) is 2.57. The molecule has 22 heavy (non-hydrogen) atoms. The Hall–Kier alpha value is -2.39. The van der Waals surface area contributed by atoms with Crippen LogP contribution >= 0.6 is 0 Å². The lowest BCUT2D eigenvalue weighted by Gasteiger charge is -2.23. The van der Waals surface area contributed by atoms with Crippen LogP contribution < -0.4 is 4.31 Å². The molecule has 0 bridgehead atoms. The van der Waals surface area contributed by atoms with E-state index in [2.05, 4.69) is 0 Å². The molecular formula is C19H17NOS. The van der Waals surface area contributed by atoms with Gasteiger partial charge < -0.3 is 0 Å². The summed E-state index contributed by atoms with van der Waals surface area (Å²) in [5.74, 6) is 0. The van der Waals surface area contributed by atoms with E-state index >= 15 is 0 Å². The molecule has 0 N–H and O–H groups in total. The van der Waals surface area contributed by atoms with E-state index in [9.17, 15) is 4.21 Å². The number of hydrogen-bond donors (Lipinski definition) is 0. The van der Waals surface area contributed by atoms with Crippen molar-refractivity contribution in [1.82, 2.24) is 0 Å². The van der Waals surface area contributed by atoms with Crippen LogP contribution in [0.3, 0.4) is 0 Å². The highest BCUT2D eigenvalue weighted by atomic mass is 32.2. The Kier molecular flexibility index (Phi) is 4.35. The first kappa shape index (κ1) is 14.5. The summed E-state index contributed by atoms with van der Waals surface area (Å²) in [4.78, 5) is 0.790. The second kappa shape index (κ2) is 6.58. The SMILES string of the molecule is Cc1ccc(S(=O)N(c2ccccc2)c2ccccc2)cc1. The molecule has 0 aliphatic rings. The van der Waals surface area contributed by atoms with Gasteiger partial charge in [-0.05, 0) is 43.3 Å². The maximum atomic E-state index is 13.1. The van der Waals surface area contributed by atoms with Gasteiger partial charge in [-0.2, -0.15) is 0 Å². The van der Waals surface area contributed by atoms with E-state index in [0.29, 0.717) is 0 Å². The van der Waals surface area contributed by atoms with Gasteiger partial charge in [-0.3, -0.25) is 4.31 Å². The monoisotopic (exact) mass is 307 g/mol. The molecular weight excluding hydrogens is 290 g/mol. The van der Waals surface area contributed by atoms with Crippen molar-refractivity contribution in [1.29, 1.82) is 0 Å². The average molecular weight is 307 g/mol. The van der Waals surface area contributed by atoms with Crippen LogP contribution in [-0.4, -0.2) is 4.21 Å². The Labute approximate surface area is 133 Å². The lowest BCUT2D eigenvalue weighted by molar-refractivity contribution is 0.683. The maximum Gasteiger partial charge on any atom is 0.157 e. The van der Waals surface area contributed by atoms with Crippen LogP contribution in [0.2, 0.25) is 0 Å². The van der Waals surface area contributed by atoms with Crippen LogP contribution in [0.4, 0.5) is 11.4 Å². The summed E-state index contributed by atoms with van der Waals surface area (Å²) in [5.41, 5.74) is 2.98. The number of benzene rings is 3. The lowest BCUT2D eigenvalue weighted by atomic mass is 10.2. The molecule has 0 amide bonds. The number of anilines is 2. The smallest absolute Gasteiger partial charge is 0.157 e. The third-order valence-corrected chi connectivity index (χ3v) is 4.80. The van der Waals surface area contributed by atoms with Crippen molar-refractivity contribution < 1.29 is 4.21 Å². The molecule has 0 aromatic heterocycles. The molecule has 3 heteroatoms. The van der Waals surface area contributed by atoms with Crippen molar-refractivity contribution in [2.24, 2.45) is 0 Å². The predicted octanol–water partition coefficient (Wildman–Crippen LogP) is 4.86. The fourth-order valence-electron chi connectivity index (χ4n) is 2.23. The van der Waals surface area contributed by atoms with Gasteiger partial charge in [0.05, 0.1) is 16.3 Å². The van der Waals surface area contributed by atoms with Crippen molar-refractivity contribution in [2.75, 3.05) is 4.31 Å². The molecule has 3 rings (SSSR count). The molecule has 0 aliphatic heterocycles. The van der Waals surface area contributed by atoms with E-state index in [1.165, 1.54) is 0 Å². The predicted molar refractivity (Wildman–Crippen MR) is 92.6 cm³/mol. The van der Waals surface area contributed by atoms with Crippen molar-refractivity contribution in [3.05, 3.63) is 90.5 Å². The third kappa shape index (κ3) is 3.10. The van der Waals surface area contributed by atoms with Gasteiger partial charge in [0.15, 0.2) is 11.0 Å². The largest absolute Gasteiger partial charge is 0.256 e. The van der Waals surface area contributed by atoms with Gasteiger partial charge in [0, 0.05) is 0 Å².